The van der Waals surface area contributed by atoms with Crippen LogP contribution < -0.4 is 0 Å². The molecule has 0 aliphatic heterocycles. The summed E-state index contributed by atoms with van der Waals surface area (Å²) in [6, 6.07) is 9.78. The van der Waals surface area contributed by atoms with E-state index in [-0.39, 0.29) is 23.2 Å². The predicted molar refractivity (Wildman–Crippen MR) is 90.9 cm³/mol. The van der Waals surface area contributed by atoms with Crippen LogP contribution in [0.4, 0.5) is 4.39 Å². The molecule has 3 heteroatoms. The van der Waals surface area contributed by atoms with E-state index < -0.39 is 0 Å². The van der Waals surface area contributed by atoms with Gasteiger partial charge in [0.05, 0.1) is 0 Å². The second-order valence-electron chi connectivity index (χ2n) is 6.16. The summed E-state index contributed by atoms with van der Waals surface area (Å²) in [6.45, 7) is 0. The third-order valence-electron chi connectivity index (χ3n) is 4.53. The molecule has 2 nitrogen and oxygen atoms in total. The molecule has 120 valence electrons. The third-order valence-corrected chi connectivity index (χ3v) is 4.53. The van der Waals surface area contributed by atoms with E-state index in [0.717, 1.165) is 25.7 Å². The average Bonchev–Trinajstić information content (AvgIpc) is 2.54. The molecule has 23 heavy (non-hydrogen) atoms. The summed E-state index contributed by atoms with van der Waals surface area (Å²) in [5.74, 6) is 0.194. The molecule has 1 aliphatic rings. The monoisotopic (exact) mass is 312 g/mol. The van der Waals surface area contributed by atoms with Crippen LogP contribution in [0.15, 0.2) is 36.4 Å². The van der Waals surface area contributed by atoms with Crippen LogP contribution in [-0.2, 0) is 0 Å². The summed E-state index contributed by atoms with van der Waals surface area (Å²) < 4.78 is 13.6. The van der Waals surface area contributed by atoms with E-state index >= 15 is 0 Å². The summed E-state index contributed by atoms with van der Waals surface area (Å²) in [6.07, 6.45) is 8.85. The Labute approximate surface area is 135 Å². The number of aromatic hydroxyl groups is 2. The van der Waals surface area contributed by atoms with Crippen LogP contribution in [0.1, 0.15) is 54.7 Å². The van der Waals surface area contributed by atoms with E-state index in [1.54, 1.807) is 42.5 Å². The Morgan fingerprint density at radius 3 is 2.22 bits per heavy atom. The lowest BCUT2D eigenvalue weighted by atomic mass is 9.83. The highest BCUT2D eigenvalue weighted by Crippen LogP contribution is 2.42. The molecule has 2 aromatic carbocycles. The molecule has 0 aromatic heterocycles. The van der Waals surface area contributed by atoms with E-state index in [9.17, 15) is 14.6 Å². The number of phenolic OH excluding ortho intramolecular Hbond substituents is 2. The molecule has 0 bridgehead atoms. The third kappa shape index (κ3) is 3.55. The quantitative estimate of drug-likeness (QED) is 0.739. The number of phenols is 2. The molecule has 0 radical (unpaired) electrons. The van der Waals surface area contributed by atoms with Crippen LogP contribution in [0.3, 0.4) is 0 Å². The summed E-state index contributed by atoms with van der Waals surface area (Å²) >= 11 is 0. The Morgan fingerprint density at radius 2 is 1.57 bits per heavy atom. The van der Waals surface area contributed by atoms with Gasteiger partial charge in [0.1, 0.15) is 17.3 Å². The molecule has 0 saturated heterocycles. The minimum Gasteiger partial charge on any atom is -0.507 e. The minimum absolute atomic E-state index is 0.130. The van der Waals surface area contributed by atoms with E-state index in [1.165, 1.54) is 12.5 Å². The largest absolute Gasteiger partial charge is 0.507 e. The zero-order chi connectivity index (χ0) is 16.2. The van der Waals surface area contributed by atoms with Gasteiger partial charge in [-0.1, -0.05) is 49.6 Å². The van der Waals surface area contributed by atoms with Crippen LogP contribution in [0.5, 0.6) is 11.5 Å². The summed E-state index contributed by atoms with van der Waals surface area (Å²) in [5.41, 5.74) is 1.79. The molecule has 1 aliphatic carbocycles. The Hall–Kier alpha value is -2.29. The highest BCUT2D eigenvalue weighted by atomic mass is 19.1. The highest BCUT2D eigenvalue weighted by Gasteiger charge is 2.22. The van der Waals surface area contributed by atoms with Gasteiger partial charge in [-0.25, -0.2) is 4.39 Å². The Kier molecular flexibility index (Phi) is 4.65. The van der Waals surface area contributed by atoms with Crippen LogP contribution in [0.25, 0.3) is 12.2 Å². The maximum absolute atomic E-state index is 13.6. The zero-order valence-corrected chi connectivity index (χ0v) is 13.0. The second kappa shape index (κ2) is 6.86. The molecular formula is C20H21FO2. The molecule has 0 amide bonds. The van der Waals surface area contributed by atoms with E-state index in [4.69, 9.17) is 0 Å². The van der Waals surface area contributed by atoms with Gasteiger partial charge in [0, 0.05) is 11.1 Å². The van der Waals surface area contributed by atoms with Crippen molar-refractivity contribution in [2.45, 2.75) is 38.0 Å². The Bertz CT molecular complexity index is 692. The number of hydrogen-bond acceptors (Lipinski definition) is 2. The van der Waals surface area contributed by atoms with Crippen molar-refractivity contribution in [1.29, 1.82) is 0 Å². The first-order valence-electron chi connectivity index (χ1n) is 8.13. The van der Waals surface area contributed by atoms with Gasteiger partial charge in [0.2, 0.25) is 0 Å². The molecular weight excluding hydrogens is 291 g/mol. The summed E-state index contributed by atoms with van der Waals surface area (Å²) in [5, 5.41) is 20.6. The van der Waals surface area contributed by atoms with Crippen LogP contribution in [0.2, 0.25) is 0 Å². The van der Waals surface area contributed by atoms with Gasteiger partial charge in [-0.3, -0.25) is 0 Å². The lowest BCUT2D eigenvalue weighted by molar-refractivity contribution is 0.389. The molecule has 0 spiro atoms. The SMILES string of the molecule is Oc1cc(/C=C/c2ccccc2F)cc(O)c1C1CCCCC1. The number of rotatable bonds is 3. The first-order valence-corrected chi connectivity index (χ1v) is 8.13. The van der Waals surface area contributed by atoms with E-state index in [2.05, 4.69) is 0 Å². The fraction of sp³-hybridized carbons (Fsp3) is 0.300. The van der Waals surface area contributed by atoms with Gasteiger partial charge >= 0.3 is 0 Å². The number of halogens is 1. The molecule has 2 N–H and O–H groups in total. The van der Waals surface area contributed by atoms with Crippen LogP contribution in [0, 0.1) is 5.82 Å². The first-order chi connectivity index (χ1) is 11.1. The van der Waals surface area contributed by atoms with Crippen molar-refractivity contribution in [3.8, 4) is 11.5 Å². The van der Waals surface area contributed by atoms with Crippen molar-refractivity contribution < 1.29 is 14.6 Å². The Morgan fingerprint density at radius 1 is 0.913 bits per heavy atom. The van der Waals surface area contributed by atoms with Crippen LogP contribution in [-0.4, -0.2) is 10.2 Å². The molecule has 0 unspecified atom stereocenters. The van der Waals surface area contributed by atoms with E-state index in [0.29, 0.717) is 16.7 Å². The van der Waals surface area contributed by atoms with E-state index in [1.807, 2.05) is 0 Å². The van der Waals surface area contributed by atoms with Crippen molar-refractivity contribution in [2.75, 3.05) is 0 Å². The fourth-order valence-corrected chi connectivity index (χ4v) is 3.35. The van der Waals surface area contributed by atoms with Crippen molar-refractivity contribution in [3.05, 3.63) is 58.9 Å². The van der Waals surface area contributed by atoms with Gasteiger partial charge in [-0.15, -0.1) is 0 Å². The van der Waals surface area contributed by atoms with Gasteiger partial charge < -0.3 is 10.2 Å². The Balaban J connectivity index is 1.86. The molecule has 3 rings (SSSR count). The van der Waals surface area contributed by atoms with Crippen molar-refractivity contribution in [1.82, 2.24) is 0 Å². The number of benzene rings is 2. The topological polar surface area (TPSA) is 40.5 Å². The maximum atomic E-state index is 13.6. The minimum atomic E-state index is -0.295. The van der Waals surface area contributed by atoms with Crippen molar-refractivity contribution in [3.63, 3.8) is 0 Å². The highest BCUT2D eigenvalue weighted by molar-refractivity contribution is 5.72. The molecule has 2 aromatic rings. The molecule has 0 atom stereocenters. The molecule has 0 heterocycles. The van der Waals surface area contributed by atoms with Gasteiger partial charge in [-0.2, -0.15) is 0 Å². The maximum Gasteiger partial charge on any atom is 0.130 e. The normalized spacial score (nSPS) is 16.0. The summed E-state index contributed by atoms with van der Waals surface area (Å²) in [4.78, 5) is 0. The summed E-state index contributed by atoms with van der Waals surface area (Å²) in [7, 11) is 0. The molecule has 1 saturated carbocycles. The average molecular weight is 312 g/mol. The van der Waals surface area contributed by atoms with Crippen LogP contribution >= 0.6 is 0 Å². The van der Waals surface area contributed by atoms with Crippen molar-refractivity contribution >= 4 is 12.2 Å². The second-order valence-corrected chi connectivity index (χ2v) is 6.16. The fourth-order valence-electron chi connectivity index (χ4n) is 3.35. The smallest absolute Gasteiger partial charge is 0.130 e. The predicted octanol–water partition coefficient (Wildman–Crippen LogP) is 5.46. The van der Waals surface area contributed by atoms with Crippen molar-refractivity contribution in [2.24, 2.45) is 0 Å². The zero-order valence-electron chi connectivity index (χ0n) is 13.0. The molecule has 1 fully saturated rings. The van der Waals surface area contributed by atoms with Gasteiger partial charge in [0.15, 0.2) is 0 Å². The van der Waals surface area contributed by atoms with Gasteiger partial charge in [-0.05, 0) is 42.5 Å². The first kappa shape index (κ1) is 15.6. The standard InChI is InChI=1S/C20H21FO2/c21-17-9-5-4-6-15(17)11-10-14-12-18(22)20(19(23)13-14)16-7-2-1-3-8-16/h4-6,9-13,16,22-23H,1-3,7-8H2/b11-10+. The lowest BCUT2D eigenvalue weighted by Crippen LogP contribution is -2.05. The number of hydrogen-bond donors (Lipinski definition) is 2. The van der Waals surface area contributed by atoms with Gasteiger partial charge in [0.25, 0.3) is 0 Å². The lowest BCUT2D eigenvalue weighted by Gasteiger charge is -2.23.